The van der Waals surface area contributed by atoms with Gasteiger partial charge in [-0.05, 0) is 35.1 Å². The molecule has 0 aliphatic rings. The van der Waals surface area contributed by atoms with Gasteiger partial charge in [0.05, 0.1) is 12.3 Å². The van der Waals surface area contributed by atoms with Gasteiger partial charge in [0.1, 0.15) is 6.33 Å². The molecule has 3 rings (SSSR count). The van der Waals surface area contributed by atoms with Gasteiger partial charge < -0.3 is 5.11 Å². The van der Waals surface area contributed by atoms with Gasteiger partial charge in [-0.15, -0.1) is 10.2 Å². The summed E-state index contributed by atoms with van der Waals surface area (Å²) in [6.07, 6.45) is 1.66. The first-order valence-corrected chi connectivity index (χ1v) is 6.97. The van der Waals surface area contributed by atoms with Crippen molar-refractivity contribution in [2.24, 2.45) is 0 Å². The molecule has 0 radical (unpaired) electrons. The summed E-state index contributed by atoms with van der Waals surface area (Å²) in [7, 11) is 0. The largest absolute Gasteiger partial charge is 0.390 e. The van der Waals surface area contributed by atoms with Crippen LogP contribution < -0.4 is 0 Å². The van der Waals surface area contributed by atoms with Gasteiger partial charge in [-0.3, -0.25) is 4.40 Å². The van der Waals surface area contributed by atoms with E-state index < -0.39 is 0 Å². The molecule has 0 fully saturated rings. The van der Waals surface area contributed by atoms with Gasteiger partial charge >= 0.3 is 0 Å². The molecule has 98 valence electrons. The Hall–Kier alpha value is -1.46. The van der Waals surface area contributed by atoms with E-state index in [-0.39, 0.29) is 6.61 Å². The lowest BCUT2D eigenvalue weighted by atomic mass is 9.95. The molecule has 4 nitrogen and oxygen atoms in total. The average molecular weight is 320 g/mol. The highest BCUT2D eigenvalue weighted by molar-refractivity contribution is 9.10. The summed E-state index contributed by atoms with van der Waals surface area (Å²) in [5.41, 5.74) is 2.79. The lowest BCUT2D eigenvalue weighted by Gasteiger charge is -2.17. The molecule has 0 atom stereocenters. The van der Waals surface area contributed by atoms with Crippen LogP contribution in [-0.4, -0.2) is 19.7 Å². The third-order valence-electron chi connectivity index (χ3n) is 3.39. The zero-order valence-corrected chi connectivity index (χ0v) is 12.3. The molecule has 0 aliphatic carbocycles. The van der Waals surface area contributed by atoms with E-state index >= 15 is 0 Å². The van der Waals surface area contributed by atoms with Gasteiger partial charge in [0.15, 0.2) is 5.65 Å². The fourth-order valence-electron chi connectivity index (χ4n) is 2.64. The lowest BCUT2D eigenvalue weighted by molar-refractivity contribution is 0.273. The fraction of sp³-hybridized carbons (Fsp3) is 0.286. The van der Waals surface area contributed by atoms with Crippen LogP contribution in [0.25, 0.3) is 16.4 Å². The van der Waals surface area contributed by atoms with Crippen LogP contribution in [-0.2, 0) is 6.61 Å². The second-order valence-electron chi connectivity index (χ2n) is 4.89. The average Bonchev–Trinajstić information content (AvgIpc) is 2.85. The quantitative estimate of drug-likeness (QED) is 0.788. The Balaban J connectivity index is 2.59. The second kappa shape index (κ2) is 4.58. The van der Waals surface area contributed by atoms with Crippen molar-refractivity contribution in [1.82, 2.24) is 14.6 Å². The van der Waals surface area contributed by atoms with Crippen molar-refractivity contribution >= 4 is 32.3 Å². The van der Waals surface area contributed by atoms with Crippen LogP contribution in [0.15, 0.2) is 29.0 Å². The minimum Gasteiger partial charge on any atom is -0.390 e. The van der Waals surface area contributed by atoms with E-state index in [1.54, 1.807) is 6.33 Å². The Morgan fingerprint density at radius 3 is 2.79 bits per heavy atom. The highest BCUT2D eigenvalue weighted by Crippen LogP contribution is 2.33. The van der Waals surface area contributed by atoms with Gasteiger partial charge in [-0.25, -0.2) is 0 Å². The maximum Gasteiger partial charge on any atom is 0.168 e. The van der Waals surface area contributed by atoms with E-state index in [2.05, 4.69) is 46.0 Å². The predicted octanol–water partition coefficient (Wildman–Crippen LogP) is 3.26. The molecular formula is C14H14BrN3O. The second-order valence-corrected chi connectivity index (χ2v) is 5.80. The number of aliphatic hydroxyl groups excluding tert-OH is 1. The first-order chi connectivity index (χ1) is 9.13. The standard InChI is InChI=1S/C14H14BrN3O/c1-8(2)13-11-5-9(15)3-4-10(11)14-17-16-7-18(14)12(13)6-19/h3-5,7-8,19H,6H2,1-2H3. The van der Waals surface area contributed by atoms with Crippen LogP contribution in [0.5, 0.6) is 0 Å². The lowest BCUT2D eigenvalue weighted by Crippen LogP contribution is -2.05. The topological polar surface area (TPSA) is 50.4 Å². The molecule has 2 heterocycles. The molecule has 19 heavy (non-hydrogen) atoms. The molecular weight excluding hydrogens is 306 g/mol. The number of hydrogen-bond donors (Lipinski definition) is 1. The first kappa shape index (κ1) is 12.6. The van der Waals surface area contributed by atoms with Crippen molar-refractivity contribution in [2.45, 2.75) is 26.4 Å². The number of nitrogens with zero attached hydrogens (tertiary/aromatic N) is 3. The Labute approximate surface area is 119 Å². The molecule has 0 saturated heterocycles. The maximum absolute atomic E-state index is 9.72. The third kappa shape index (κ3) is 1.84. The third-order valence-corrected chi connectivity index (χ3v) is 3.88. The van der Waals surface area contributed by atoms with E-state index in [0.717, 1.165) is 32.1 Å². The SMILES string of the molecule is CC(C)c1c(CO)n2cnnc2c2ccc(Br)cc12. The van der Waals surface area contributed by atoms with Gasteiger partial charge in [0.25, 0.3) is 0 Å². The van der Waals surface area contributed by atoms with E-state index in [0.29, 0.717) is 5.92 Å². The van der Waals surface area contributed by atoms with E-state index in [1.165, 1.54) is 0 Å². The number of benzene rings is 1. The van der Waals surface area contributed by atoms with Gasteiger partial charge in [-0.2, -0.15) is 0 Å². The van der Waals surface area contributed by atoms with Gasteiger partial charge in [0.2, 0.25) is 0 Å². The number of aliphatic hydroxyl groups is 1. The molecule has 0 amide bonds. The van der Waals surface area contributed by atoms with Crippen LogP contribution in [0.4, 0.5) is 0 Å². The summed E-state index contributed by atoms with van der Waals surface area (Å²) in [5.74, 6) is 0.311. The number of hydrogen-bond acceptors (Lipinski definition) is 3. The van der Waals surface area contributed by atoms with Crippen molar-refractivity contribution in [3.63, 3.8) is 0 Å². The van der Waals surface area contributed by atoms with Gasteiger partial charge in [0, 0.05) is 9.86 Å². The number of rotatable bonds is 2. The minimum absolute atomic E-state index is 0.0233. The molecule has 0 aliphatic heterocycles. The number of pyridine rings is 1. The molecule has 0 saturated carbocycles. The molecule has 0 spiro atoms. The van der Waals surface area contributed by atoms with Crippen LogP contribution in [0, 0.1) is 0 Å². The molecule has 5 heteroatoms. The normalized spacial score (nSPS) is 11.8. The van der Waals surface area contributed by atoms with Crippen LogP contribution >= 0.6 is 15.9 Å². The number of aromatic nitrogens is 3. The van der Waals surface area contributed by atoms with Crippen molar-refractivity contribution < 1.29 is 5.11 Å². The summed E-state index contributed by atoms with van der Waals surface area (Å²) < 4.78 is 2.90. The summed E-state index contributed by atoms with van der Waals surface area (Å²) in [6, 6.07) is 6.12. The van der Waals surface area contributed by atoms with Gasteiger partial charge in [-0.1, -0.05) is 29.8 Å². The monoisotopic (exact) mass is 319 g/mol. The predicted molar refractivity (Wildman–Crippen MR) is 78.2 cm³/mol. The smallest absolute Gasteiger partial charge is 0.168 e. The fourth-order valence-corrected chi connectivity index (χ4v) is 3.00. The molecule has 2 aromatic heterocycles. The molecule has 0 bridgehead atoms. The summed E-state index contributed by atoms with van der Waals surface area (Å²) in [4.78, 5) is 0. The van der Waals surface area contributed by atoms with E-state index in [4.69, 9.17) is 0 Å². The first-order valence-electron chi connectivity index (χ1n) is 6.18. The Bertz CT molecular complexity index is 764. The minimum atomic E-state index is -0.0233. The van der Waals surface area contributed by atoms with Crippen molar-refractivity contribution in [2.75, 3.05) is 0 Å². The summed E-state index contributed by atoms with van der Waals surface area (Å²) in [5, 5.41) is 20.0. The van der Waals surface area contributed by atoms with Crippen LogP contribution in [0.1, 0.15) is 31.0 Å². The molecule has 1 N–H and O–H groups in total. The Morgan fingerprint density at radius 2 is 2.11 bits per heavy atom. The highest BCUT2D eigenvalue weighted by atomic mass is 79.9. The molecule has 1 aromatic carbocycles. The highest BCUT2D eigenvalue weighted by Gasteiger charge is 2.17. The zero-order valence-electron chi connectivity index (χ0n) is 10.8. The Kier molecular flexibility index (Phi) is 3.03. The van der Waals surface area contributed by atoms with Crippen molar-refractivity contribution in [3.05, 3.63) is 40.3 Å². The number of fused-ring (bicyclic) bond motifs is 3. The number of halogens is 1. The van der Waals surface area contributed by atoms with Crippen molar-refractivity contribution in [1.29, 1.82) is 0 Å². The molecule has 3 aromatic rings. The Morgan fingerprint density at radius 1 is 1.32 bits per heavy atom. The molecule has 0 unspecified atom stereocenters. The van der Waals surface area contributed by atoms with Crippen molar-refractivity contribution in [3.8, 4) is 0 Å². The van der Waals surface area contributed by atoms with Crippen LogP contribution in [0.3, 0.4) is 0 Å². The summed E-state index contributed by atoms with van der Waals surface area (Å²) >= 11 is 3.51. The maximum atomic E-state index is 9.72. The van der Waals surface area contributed by atoms with E-state index in [1.807, 2.05) is 16.5 Å². The summed E-state index contributed by atoms with van der Waals surface area (Å²) in [6.45, 7) is 4.24. The zero-order chi connectivity index (χ0) is 13.6. The van der Waals surface area contributed by atoms with Crippen LogP contribution in [0.2, 0.25) is 0 Å². The van der Waals surface area contributed by atoms with E-state index in [9.17, 15) is 5.11 Å².